The van der Waals surface area contributed by atoms with Crippen molar-refractivity contribution in [3.63, 3.8) is 0 Å². The van der Waals surface area contributed by atoms with E-state index in [2.05, 4.69) is 18.7 Å². The van der Waals surface area contributed by atoms with E-state index in [0.717, 1.165) is 37.2 Å². The molecule has 0 N–H and O–H groups in total. The van der Waals surface area contributed by atoms with Gasteiger partial charge < -0.3 is 4.90 Å². The van der Waals surface area contributed by atoms with Gasteiger partial charge in [0.15, 0.2) is 5.78 Å². The lowest BCUT2D eigenvalue weighted by Gasteiger charge is -2.33. The number of hydrogen-bond acceptors (Lipinski definition) is 2. The van der Waals surface area contributed by atoms with Crippen molar-refractivity contribution in [2.45, 2.75) is 33.1 Å². The Morgan fingerprint density at radius 3 is 2.29 bits per heavy atom. The summed E-state index contributed by atoms with van der Waals surface area (Å²) in [6, 6.07) is 3.00. The molecule has 1 aromatic carbocycles. The molecule has 1 aliphatic rings. The zero-order valence-electron chi connectivity index (χ0n) is 12.7. The molecule has 0 saturated carbocycles. The predicted octanol–water partition coefficient (Wildman–Crippen LogP) is 3.91. The quantitative estimate of drug-likeness (QED) is 0.768. The third-order valence-corrected chi connectivity index (χ3v) is 4.41. The van der Waals surface area contributed by atoms with Crippen LogP contribution in [0.5, 0.6) is 0 Å². The van der Waals surface area contributed by atoms with Gasteiger partial charge in [0, 0.05) is 24.6 Å². The minimum absolute atomic E-state index is 0.129. The second-order valence-corrected chi connectivity index (χ2v) is 6.25. The zero-order valence-corrected chi connectivity index (χ0v) is 12.7. The minimum atomic E-state index is -0.698. The van der Waals surface area contributed by atoms with Gasteiger partial charge in [0.25, 0.3) is 0 Å². The zero-order chi connectivity index (χ0) is 15.4. The highest BCUT2D eigenvalue weighted by Crippen LogP contribution is 2.24. The molecule has 0 spiro atoms. The first kappa shape index (κ1) is 16.1. The van der Waals surface area contributed by atoms with E-state index in [1.54, 1.807) is 0 Å². The molecule has 0 atom stereocenters. The second-order valence-electron chi connectivity index (χ2n) is 6.25. The maximum Gasteiger partial charge on any atom is 0.164 e. The number of piperidine rings is 1. The SMILES string of the molecule is CC(C)C1CCN(CCC(=O)c2cc(F)cc(F)c2)CC1. The molecule has 2 nitrogen and oxygen atoms in total. The highest BCUT2D eigenvalue weighted by atomic mass is 19.1. The standard InChI is InChI=1S/C17H23F2NO/c1-12(2)13-3-6-20(7-4-13)8-5-17(21)14-9-15(18)11-16(19)10-14/h9-13H,3-8H2,1-2H3. The van der Waals surface area contributed by atoms with Crippen LogP contribution in [0.25, 0.3) is 0 Å². The van der Waals surface area contributed by atoms with Crippen LogP contribution < -0.4 is 0 Å². The van der Waals surface area contributed by atoms with Crippen LogP contribution in [0, 0.1) is 23.5 Å². The number of Topliss-reactive ketones (excluding diaryl/α,β-unsaturated/α-hetero) is 1. The van der Waals surface area contributed by atoms with E-state index >= 15 is 0 Å². The summed E-state index contributed by atoms with van der Waals surface area (Å²) in [5.74, 6) is -0.107. The normalized spacial score (nSPS) is 17.4. The molecule has 1 fully saturated rings. The van der Waals surface area contributed by atoms with Gasteiger partial charge in [0.1, 0.15) is 11.6 Å². The molecule has 0 radical (unpaired) electrons. The number of halogens is 2. The Kier molecular flexibility index (Phi) is 5.45. The molecule has 1 saturated heterocycles. The average molecular weight is 295 g/mol. The number of carbonyl (C=O) groups is 1. The van der Waals surface area contributed by atoms with Crippen LogP contribution in [0.2, 0.25) is 0 Å². The number of nitrogens with zero attached hydrogens (tertiary/aromatic N) is 1. The average Bonchev–Trinajstić information content (AvgIpc) is 2.44. The van der Waals surface area contributed by atoms with Crippen LogP contribution in [-0.2, 0) is 0 Å². The van der Waals surface area contributed by atoms with Gasteiger partial charge >= 0.3 is 0 Å². The number of ketones is 1. The van der Waals surface area contributed by atoms with Crippen molar-refractivity contribution in [3.05, 3.63) is 35.4 Å². The van der Waals surface area contributed by atoms with Crippen molar-refractivity contribution in [2.24, 2.45) is 11.8 Å². The van der Waals surface area contributed by atoms with Crippen LogP contribution in [0.1, 0.15) is 43.5 Å². The smallest absolute Gasteiger partial charge is 0.164 e. The van der Waals surface area contributed by atoms with E-state index in [0.29, 0.717) is 18.9 Å². The Morgan fingerprint density at radius 1 is 1.19 bits per heavy atom. The molecule has 21 heavy (non-hydrogen) atoms. The third kappa shape index (κ3) is 4.60. The van der Waals surface area contributed by atoms with Gasteiger partial charge in [0.05, 0.1) is 0 Å². The third-order valence-electron chi connectivity index (χ3n) is 4.41. The molecule has 0 bridgehead atoms. The van der Waals surface area contributed by atoms with Crippen molar-refractivity contribution in [3.8, 4) is 0 Å². The molecule has 1 aliphatic heterocycles. The molecule has 0 unspecified atom stereocenters. The molecule has 1 heterocycles. The Hall–Kier alpha value is -1.29. The highest BCUT2D eigenvalue weighted by molar-refractivity contribution is 5.96. The topological polar surface area (TPSA) is 20.3 Å². The Labute approximate surface area is 125 Å². The molecule has 116 valence electrons. The lowest BCUT2D eigenvalue weighted by atomic mass is 9.86. The van der Waals surface area contributed by atoms with Gasteiger partial charge in [-0.2, -0.15) is 0 Å². The van der Waals surface area contributed by atoms with Crippen molar-refractivity contribution >= 4 is 5.78 Å². The van der Waals surface area contributed by atoms with Crippen LogP contribution in [0.4, 0.5) is 8.78 Å². The first-order valence-electron chi connectivity index (χ1n) is 7.67. The van der Waals surface area contributed by atoms with E-state index in [-0.39, 0.29) is 11.3 Å². The molecule has 4 heteroatoms. The van der Waals surface area contributed by atoms with Crippen LogP contribution in [-0.4, -0.2) is 30.3 Å². The number of benzene rings is 1. The fourth-order valence-electron chi connectivity index (χ4n) is 2.96. The van der Waals surface area contributed by atoms with Gasteiger partial charge in [-0.05, 0) is 49.9 Å². The summed E-state index contributed by atoms with van der Waals surface area (Å²) < 4.78 is 26.2. The van der Waals surface area contributed by atoms with Gasteiger partial charge in [0.2, 0.25) is 0 Å². The van der Waals surface area contributed by atoms with Crippen molar-refractivity contribution in [1.82, 2.24) is 4.90 Å². The summed E-state index contributed by atoms with van der Waals surface area (Å²) in [5.41, 5.74) is 0.129. The first-order valence-corrected chi connectivity index (χ1v) is 7.67. The van der Waals surface area contributed by atoms with E-state index in [4.69, 9.17) is 0 Å². The van der Waals surface area contributed by atoms with Gasteiger partial charge in [-0.15, -0.1) is 0 Å². The molecule has 2 rings (SSSR count). The number of carbonyl (C=O) groups excluding carboxylic acids is 1. The number of hydrogen-bond donors (Lipinski definition) is 0. The Bertz CT molecular complexity index is 473. The number of likely N-dealkylation sites (tertiary alicyclic amines) is 1. The minimum Gasteiger partial charge on any atom is -0.303 e. The van der Waals surface area contributed by atoms with Crippen molar-refractivity contribution < 1.29 is 13.6 Å². The molecule has 0 aromatic heterocycles. The lowest BCUT2D eigenvalue weighted by Crippen LogP contribution is -2.36. The molecule has 0 amide bonds. The predicted molar refractivity (Wildman–Crippen MR) is 79.3 cm³/mol. The van der Waals surface area contributed by atoms with Gasteiger partial charge in [-0.25, -0.2) is 8.78 Å². The van der Waals surface area contributed by atoms with Crippen LogP contribution >= 0.6 is 0 Å². The first-order chi connectivity index (χ1) is 9.95. The van der Waals surface area contributed by atoms with Crippen LogP contribution in [0.3, 0.4) is 0 Å². The van der Waals surface area contributed by atoms with E-state index < -0.39 is 11.6 Å². The summed E-state index contributed by atoms with van der Waals surface area (Å²) >= 11 is 0. The molecular formula is C17H23F2NO. The largest absolute Gasteiger partial charge is 0.303 e. The second kappa shape index (κ2) is 7.12. The Morgan fingerprint density at radius 2 is 1.76 bits per heavy atom. The van der Waals surface area contributed by atoms with Gasteiger partial charge in [-0.3, -0.25) is 4.79 Å². The maximum absolute atomic E-state index is 13.1. The Balaban J connectivity index is 1.82. The van der Waals surface area contributed by atoms with Crippen LogP contribution in [0.15, 0.2) is 18.2 Å². The summed E-state index contributed by atoms with van der Waals surface area (Å²) in [7, 11) is 0. The number of rotatable bonds is 5. The van der Waals surface area contributed by atoms with Crippen molar-refractivity contribution in [1.29, 1.82) is 0 Å². The van der Waals surface area contributed by atoms with E-state index in [9.17, 15) is 13.6 Å². The fraction of sp³-hybridized carbons (Fsp3) is 0.588. The molecular weight excluding hydrogens is 272 g/mol. The van der Waals surface area contributed by atoms with E-state index in [1.807, 2.05) is 0 Å². The summed E-state index contributed by atoms with van der Waals surface area (Å²) in [6.45, 7) is 7.19. The maximum atomic E-state index is 13.1. The lowest BCUT2D eigenvalue weighted by molar-refractivity contribution is 0.0942. The summed E-state index contributed by atoms with van der Waals surface area (Å²) in [4.78, 5) is 14.3. The monoisotopic (exact) mass is 295 g/mol. The van der Waals surface area contributed by atoms with Crippen molar-refractivity contribution in [2.75, 3.05) is 19.6 Å². The summed E-state index contributed by atoms with van der Waals surface area (Å²) in [5, 5.41) is 0. The molecule has 1 aromatic rings. The highest BCUT2D eigenvalue weighted by Gasteiger charge is 2.21. The van der Waals surface area contributed by atoms with E-state index in [1.165, 1.54) is 12.8 Å². The van der Waals surface area contributed by atoms with Gasteiger partial charge in [-0.1, -0.05) is 13.8 Å². The fourth-order valence-corrected chi connectivity index (χ4v) is 2.96. The summed E-state index contributed by atoms with van der Waals surface area (Å²) in [6.07, 6.45) is 2.65. The molecule has 0 aliphatic carbocycles.